The van der Waals surface area contributed by atoms with E-state index in [-0.39, 0.29) is 40.3 Å². The maximum absolute atomic E-state index is 12.0. The summed E-state index contributed by atoms with van der Waals surface area (Å²) in [5.74, 6) is -0.378. The quantitative estimate of drug-likeness (QED) is 0.394. The van der Waals surface area contributed by atoms with Crippen LogP contribution in [0.5, 0.6) is 0 Å². The predicted octanol–water partition coefficient (Wildman–Crippen LogP) is 3.15. The molecule has 1 amide bonds. The maximum atomic E-state index is 12.0. The van der Waals surface area contributed by atoms with Crippen molar-refractivity contribution in [1.29, 1.82) is 0 Å². The van der Waals surface area contributed by atoms with Crippen LogP contribution in [0, 0.1) is 10.1 Å². The van der Waals surface area contributed by atoms with Crippen LogP contribution >= 0.6 is 23.2 Å². The van der Waals surface area contributed by atoms with E-state index in [0.717, 1.165) is 12.3 Å². The SMILES string of the molecule is CS(=O)(=O)c1ccc(NCCNC(=O)c2ccc(Cl)c(Cl)c2)c([N+](=O)[O-])c1. The van der Waals surface area contributed by atoms with Crippen molar-refractivity contribution in [3.8, 4) is 0 Å². The molecule has 27 heavy (non-hydrogen) atoms. The number of nitro groups is 1. The second kappa shape index (κ2) is 8.55. The fourth-order valence-electron chi connectivity index (χ4n) is 2.16. The van der Waals surface area contributed by atoms with Crippen LogP contribution in [0.2, 0.25) is 10.0 Å². The Kier molecular flexibility index (Phi) is 6.63. The summed E-state index contributed by atoms with van der Waals surface area (Å²) in [6, 6.07) is 8.04. The number of amides is 1. The summed E-state index contributed by atoms with van der Waals surface area (Å²) in [7, 11) is -3.56. The van der Waals surface area contributed by atoms with Crippen molar-refractivity contribution < 1.29 is 18.1 Å². The highest BCUT2D eigenvalue weighted by molar-refractivity contribution is 7.90. The molecule has 11 heteroatoms. The van der Waals surface area contributed by atoms with Gasteiger partial charge in [-0.1, -0.05) is 23.2 Å². The molecule has 2 aromatic rings. The topological polar surface area (TPSA) is 118 Å². The zero-order valence-corrected chi connectivity index (χ0v) is 16.4. The highest BCUT2D eigenvalue weighted by Crippen LogP contribution is 2.27. The number of halogens is 2. The van der Waals surface area contributed by atoms with Crippen molar-refractivity contribution >= 4 is 50.3 Å². The van der Waals surface area contributed by atoms with Crippen LogP contribution in [0.15, 0.2) is 41.3 Å². The molecule has 2 aromatic carbocycles. The lowest BCUT2D eigenvalue weighted by molar-refractivity contribution is -0.384. The Morgan fingerprint density at radius 1 is 1.11 bits per heavy atom. The number of anilines is 1. The molecule has 2 rings (SSSR count). The third-order valence-electron chi connectivity index (χ3n) is 3.50. The van der Waals surface area contributed by atoms with Crippen LogP contribution in [0.3, 0.4) is 0 Å². The largest absolute Gasteiger partial charge is 0.378 e. The lowest BCUT2D eigenvalue weighted by atomic mass is 10.2. The molecule has 0 aliphatic heterocycles. The smallest absolute Gasteiger partial charge is 0.293 e. The number of rotatable bonds is 7. The Bertz CT molecular complexity index is 996. The van der Waals surface area contributed by atoms with Gasteiger partial charge in [0.1, 0.15) is 5.69 Å². The van der Waals surface area contributed by atoms with Gasteiger partial charge in [0.05, 0.1) is 19.9 Å². The lowest BCUT2D eigenvalue weighted by Crippen LogP contribution is -2.28. The first-order valence-corrected chi connectivity index (χ1v) is 10.2. The Labute approximate surface area is 165 Å². The maximum Gasteiger partial charge on any atom is 0.293 e. The van der Waals surface area contributed by atoms with E-state index in [0.29, 0.717) is 10.6 Å². The van der Waals surface area contributed by atoms with E-state index in [1.54, 1.807) is 0 Å². The monoisotopic (exact) mass is 431 g/mol. The summed E-state index contributed by atoms with van der Waals surface area (Å²) in [5, 5.41) is 17.2. The van der Waals surface area contributed by atoms with Crippen molar-refractivity contribution in [2.75, 3.05) is 24.7 Å². The first kappa shape index (κ1) is 20.9. The Hall–Kier alpha value is -2.36. The van der Waals surface area contributed by atoms with Gasteiger partial charge < -0.3 is 10.6 Å². The number of benzene rings is 2. The van der Waals surface area contributed by atoms with Crippen molar-refractivity contribution in [2.45, 2.75) is 4.90 Å². The van der Waals surface area contributed by atoms with Gasteiger partial charge in [0.15, 0.2) is 9.84 Å². The average molecular weight is 432 g/mol. The number of nitrogens with one attached hydrogen (secondary N) is 2. The third kappa shape index (κ3) is 5.56. The molecule has 2 N–H and O–H groups in total. The minimum Gasteiger partial charge on any atom is -0.378 e. The van der Waals surface area contributed by atoms with Gasteiger partial charge in [-0.05, 0) is 30.3 Å². The molecule has 0 fully saturated rings. The zero-order chi connectivity index (χ0) is 20.2. The third-order valence-corrected chi connectivity index (χ3v) is 5.35. The van der Waals surface area contributed by atoms with Crippen LogP contribution in [0.25, 0.3) is 0 Å². The molecule has 8 nitrogen and oxygen atoms in total. The van der Waals surface area contributed by atoms with E-state index >= 15 is 0 Å². The fourth-order valence-corrected chi connectivity index (χ4v) is 3.09. The van der Waals surface area contributed by atoms with Gasteiger partial charge in [-0.15, -0.1) is 0 Å². The van der Waals surface area contributed by atoms with Crippen molar-refractivity contribution in [3.05, 3.63) is 62.1 Å². The zero-order valence-electron chi connectivity index (χ0n) is 14.0. The predicted molar refractivity (Wildman–Crippen MR) is 103 cm³/mol. The fraction of sp³-hybridized carbons (Fsp3) is 0.188. The van der Waals surface area contributed by atoms with E-state index in [2.05, 4.69) is 10.6 Å². The summed E-state index contributed by atoms with van der Waals surface area (Å²) >= 11 is 11.7. The minimum absolute atomic E-state index is 0.146. The van der Waals surface area contributed by atoms with Crippen LogP contribution in [0.1, 0.15) is 10.4 Å². The van der Waals surface area contributed by atoms with Gasteiger partial charge in [-0.2, -0.15) is 0 Å². The summed E-state index contributed by atoms with van der Waals surface area (Å²) in [5.41, 5.74) is 0.109. The molecule has 0 aromatic heterocycles. The van der Waals surface area contributed by atoms with Gasteiger partial charge in [-0.25, -0.2) is 8.42 Å². The standard InChI is InChI=1S/C16H15Cl2N3O5S/c1-27(25,26)11-3-5-14(15(9-11)21(23)24)19-6-7-20-16(22)10-2-4-12(17)13(18)8-10/h2-5,8-9,19H,6-7H2,1H3,(H,20,22). The van der Waals surface area contributed by atoms with Crippen LogP contribution in [-0.4, -0.2) is 38.6 Å². The van der Waals surface area contributed by atoms with Gasteiger partial charge in [0.2, 0.25) is 0 Å². The number of hydrogen-bond acceptors (Lipinski definition) is 6. The Morgan fingerprint density at radius 2 is 1.81 bits per heavy atom. The second-order valence-corrected chi connectivity index (χ2v) is 8.35. The van der Waals surface area contributed by atoms with E-state index < -0.39 is 14.8 Å². The first-order chi connectivity index (χ1) is 12.6. The molecule has 0 spiro atoms. The molecule has 0 bridgehead atoms. The molecule has 0 radical (unpaired) electrons. The Morgan fingerprint density at radius 3 is 2.41 bits per heavy atom. The van der Waals surface area contributed by atoms with Gasteiger partial charge in [0, 0.05) is 31.0 Å². The van der Waals surface area contributed by atoms with Gasteiger partial charge >= 0.3 is 0 Å². The minimum atomic E-state index is -3.56. The van der Waals surface area contributed by atoms with E-state index in [1.807, 2.05) is 0 Å². The summed E-state index contributed by atoms with van der Waals surface area (Å²) < 4.78 is 23.1. The molecule has 0 atom stereocenters. The average Bonchev–Trinajstić information content (AvgIpc) is 2.59. The summed E-state index contributed by atoms with van der Waals surface area (Å²) in [4.78, 5) is 22.4. The molecule has 144 valence electrons. The summed E-state index contributed by atoms with van der Waals surface area (Å²) in [6.07, 6.45) is 0.970. The number of sulfone groups is 1. The normalized spacial score (nSPS) is 11.1. The molecule has 0 aliphatic carbocycles. The van der Waals surface area contributed by atoms with Crippen molar-refractivity contribution in [3.63, 3.8) is 0 Å². The van der Waals surface area contributed by atoms with Gasteiger partial charge in [-0.3, -0.25) is 14.9 Å². The lowest BCUT2D eigenvalue weighted by Gasteiger charge is -2.10. The number of carbonyl (C=O) groups is 1. The van der Waals surface area contributed by atoms with E-state index in [1.165, 1.54) is 30.3 Å². The van der Waals surface area contributed by atoms with Gasteiger partial charge in [0.25, 0.3) is 11.6 Å². The van der Waals surface area contributed by atoms with E-state index in [4.69, 9.17) is 23.2 Å². The highest BCUT2D eigenvalue weighted by Gasteiger charge is 2.18. The second-order valence-electron chi connectivity index (χ2n) is 5.52. The summed E-state index contributed by atoms with van der Waals surface area (Å²) in [6.45, 7) is 0.357. The molecular weight excluding hydrogens is 417 g/mol. The molecule has 0 aliphatic rings. The first-order valence-electron chi connectivity index (χ1n) is 7.55. The number of nitro benzene ring substituents is 1. The molecule has 0 heterocycles. The van der Waals surface area contributed by atoms with Crippen LogP contribution in [-0.2, 0) is 9.84 Å². The number of carbonyl (C=O) groups excluding carboxylic acids is 1. The number of nitrogens with zero attached hydrogens (tertiary/aromatic N) is 1. The molecule has 0 saturated carbocycles. The molecule has 0 saturated heterocycles. The van der Waals surface area contributed by atoms with Crippen LogP contribution < -0.4 is 10.6 Å². The van der Waals surface area contributed by atoms with Crippen molar-refractivity contribution in [2.24, 2.45) is 0 Å². The number of hydrogen-bond donors (Lipinski definition) is 2. The molecule has 0 unspecified atom stereocenters. The van der Waals surface area contributed by atoms with Crippen LogP contribution in [0.4, 0.5) is 11.4 Å². The Balaban J connectivity index is 1.99. The highest BCUT2D eigenvalue weighted by atomic mass is 35.5. The molecular formula is C16H15Cl2N3O5S. The van der Waals surface area contributed by atoms with E-state index in [9.17, 15) is 23.3 Å². The van der Waals surface area contributed by atoms with Crippen molar-refractivity contribution in [1.82, 2.24) is 5.32 Å².